The summed E-state index contributed by atoms with van der Waals surface area (Å²) in [6.45, 7) is 2.34. The average Bonchev–Trinajstić information content (AvgIpc) is 2.87. The fraction of sp³-hybridized carbons (Fsp3) is 0.200. The van der Waals surface area contributed by atoms with Gasteiger partial charge >= 0.3 is 5.69 Å². The smallest absolute Gasteiger partial charge is 0.297 e. The molecule has 7 heteroatoms. The van der Waals surface area contributed by atoms with Gasteiger partial charge in [0.25, 0.3) is 0 Å². The van der Waals surface area contributed by atoms with E-state index in [4.69, 9.17) is 0 Å². The second kappa shape index (κ2) is 4.46. The highest BCUT2D eigenvalue weighted by Crippen LogP contribution is 2.21. The van der Waals surface area contributed by atoms with Crippen molar-refractivity contribution in [2.24, 2.45) is 0 Å². The summed E-state index contributed by atoms with van der Waals surface area (Å²) < 4.78 is 1.49. The highest BCUT2D eigenvalue weighted by molar-refractivity contribution is 7.13. The van der Waals surface area contributed by atoms with E-state index in [1.807, 2.05) is 6.92 Å². The van der Waals surface area contributed by atoms with Crippen LogP contribution in [-0.2, 0) is 6.54 Å². The lowest BCUT2D eigenvalue weighted by atomic mass is 10.2. The van der Waals surface area contributed by atoms with Crippen molar-refractivity contribution in [3.05, 3.63) is 43.9 Å². The Balaban J connectivity index is 2.21. The summed E-state index contributed by atoms with van der Waals surface area (Å²) in [4.78, 5) is 22.3. The number of aldehydes is 1. The summed E-state index contributed by atoms with van der Waals surface area (Å²) in [5.41, 5.74) is 0.920. The normalized spacial score (nSPS) is 10.4. The number of carbonyl (C=O) groups excluding carboxylic acids is 1. The van der Waals surface area contributed by atoms with Gasteiger partial charge in [0.15, 0.2) is 6.29 Å². The summed E-state index contributed by atoms with van der Waals surface area (Å²) in [7, 11) is 0. The standard InChI is InChI=1S/C10H9N3O3S/c1-7-8(2-10(6-14)17-7)4-12-5-9(3-11-12)13(15)16/h2-3,5-6H,4H2,1H3. The van der Waals surface area contributed by atoms with E-state index in [-0.39, 0.29) is 5.69 Å². The van der Waals surface area contributed by atoms with E-state index in [9.17, 15) is 14.9 Å². The number of hydrogen-bond acceptors (Lipinski definition) is 5. The Hall–Kier alpha value is -2.02. The molecular formula is C10H9N3O3S. The van der Waals surface area contributed by atoms with Crippen molar-refractivity contribution in [1.29, 1.82) is 0 Å². The summed E-state index contributed by atoms with van der Waals surface area (Å²) >= 11 is 1.40. The van der Waals surface area contributed by atoms with Gasteiger partial charge in [-0.1, -0.05) is 0 Å². The van der Waals surface area contributed by atoms with Gasteiger partial charge in [-0.05, 0) is 18.6 Å². The van der Waals surface area contributed by atoms with Gasteiger partial charge in [-0.3, -0.25) is 19.6 Å². The number of thiophene rings is 1. The summed E-state index contributed by atoms with van der Waals surface area (Å²) in [5, 5.41) is 14.4. The van der Waals surface area contributed by atoms with Crippen LogP contribution in [0.2, 0.25) is 0 Å². The molecule has 0 radical (unpaired) electrons. The Labute approximate surface area is 101 Å². The second-order valence-corrected chi connectivity index (χ2v) is 4.79. The molecule has 0 atom stereocenters. The summed E-state index contributed by atoms with van der Waals surface area (Å²) in [6.07, 6.45) is 3.38. The lowest BCUT2D eigenvalue weighted by Gasteiger charge is -1.98. The maximum atomic E-state index is 10.6. The van der Waals surface area contributed by atoms with E-state index >= 15 is 0 Å². The van der Waals surface area contributed by atoms with Gasteiger partial charge in [0.05, 0.1) is 16.3 Å². The Bertz CT molecular complexity index is 573. The van der Waals surface area contributed by atoms with Crippen molar-refractivity contribution in [2.75, 3.05) is 0 Å². The molecule has 17 heavy (non-hydrogen) atoms. The third kappa shape index (κ3) is 2.39. The number of rotatable bonds is 4. The minimum Gasteiger partial charge on any atom is -0.297 e. The molecule has 2 aromatic rings. The topological polar surface area (TPSA) is 78.0 Å². The van der Waals surface area contributed by atoms with Crippen molar-refractivity contribution < 1.29 is 9.72 Å². The number of nitro groups is 1. The van der Waals surface area contributed by atoms with Crippen LogP contribution in [0, 0.1) is 17.0 Å². The van der Waals surface area contributed by atoms with Crippen molar-refractivity contribution in [2.45, 2.75) is 13.5 Å². The monoisotopic (exact) mass is 251 g/mol. The second-order valence-electron chi connectivity index (χ2n) is 3.50. The molecule has 0 amide bonds. The molecule has 2 aromatic heterocycles. The number of aryl methyl sites for hydroxylation is 1. The first kappa shape index (κ1) is 11.5. The van der Waals surface area contributed by atoms with E-state index < -0.39 is 4.92 Å². The van der Waals surface area contributed by atoms with Crippen LogP contribution in [0.15, 0.2) is 18.5 Å². The SMILES string of the molecule is Cc1sc(C=O)cc1Cn1cc([N+](=O)[O-])cn1. The summed E-state index contributed by atoms with van der Waals surface area (Å²) in [6, 6.07) is 1.78. The van der Waals surface area contributed by atoms with E-state index in [0.717, 1.165) is 16.7 Å². The van der Waals surface area contributed by atoms with Crippen molar-refractivity contribution in [3.8, 4) is 0 Å². The number of nitrogens with zero attached hydrogens (tertiary/aromatic N) is 3. The predicted molar refractivity (Wildman–Crippen MR) is 62.4 cm³/mol. The highest BCUT2D eigenvalue weighted by atomic mass is 32.1. The number of hydrogen-bond donors (Lipinski definition) is 0. The van der Waals surface area contributed by atoms with Crippen LogP contribution in [0.25, 0.3) is 0 Å². The fourth-order valence-corrected chi connectivity index (χ4v) is 2.33. The molecule has 0 bridgehead atoms. The fourth-order valence-electron chi connectivity index (χ4n) is 1.47. The molecular weight excluding hydrogens is 242 g/mol. The van der Waals surface area contributed by atoms with E-state index in [2.05, 4.69) is 5.10 Å². The number of aromatic nitrogens is 2. The highest BCUT2D eigenvalue weighted by Gasteiger charge is 2.11. The molecule has 0 aliphatic carbocycles. The van der Waals surface area contributed by atoms with Gasteiger partial charge in [0, 0.05) is 4.88 Å². The molecule has 0 N–H and O–H groups in total. The first-order valence-electron chi connectivity index (χ1n) is 4.81. The molecule has 0 saturated heterocycles. The molecule has 0 aromatic carbocycles. The largest absolute Gasteiger partial charge is 0.307 e. The Morgan fingerprint density at radius 1 is 1.65 bits per heavy atom. The predicted octanol–water partition coefficient (Wildman–Crippen LogP) is 2.02. The molecule has 2 heterocycles. The van der Waals surface area contributed by atoms with Crippen molar-refractivity contribution in [1.82, 2.24) is 9.78 Å². The molecule has 0 aliphatic heterocycles. The van der Waals surface area contributed by atoms with Crippen LogP contribution in [0.5, 0.6) is 0 Å². The molecule has 2 rings (SSSR count). The lowest BCUT2D eigenvalue weighted by Crippen LogP contribution is -1.99. The maximum absolute atomic E-state index is 10.6. The van der Waals surface area contributed by atoms with E-state index in [1.54, 1.807) is 6.07 Å². The van der Waals surface area contributed by atoms with Gasteiger partial charge in [0.2, 0.25) is 0 Å². The zero-order valence-corrected chi connectivity index (χ0v) is 9.81. The van der Waals surface area contributed by atoms with Crippen LogP contribution in [0.3, 0.4) is 0 Å². The first-order chi connectivity index (χ1) is 8.10. The van der Waals surface area contributed by atoms with Crippen LogP contribution in [-0.4, -0.2) is 21.0 Å². The zero-order chi connectivity index (χ0) is 12.4. The van der Waals surface area contributed by atoms with Crippen LogP contribution in [0.4, 0.5) is 5.69 Å². The van der Waals surface area contributed by atoms with Crippen LogP contribution in [0.1, 0.15) is 20.1 Å². The average molecular weight is 251 g/mol. The number of carbonyl (C=O) groups is 1. The minimum atomic E-state index is -0.485. The first-order valence-corrected chi connectivity index (χ1v) is 5.63. The van der Waals surface area contributed by atoms with Gasteiger partial charge in [-0.2, -0.15) is 5.10 Å². The van der Waals surface area contributed by atoms with Gasteiger partial charge in [0.1, 0.15) is 12.4 Å². The van der Waals surface area contributed by atoms with Crippen molar-refractivity contribution >= 4 is 23.3 Å². The van der Waals surface area contributed by atoms with Crippen LogP contribution >= 0.6 is 11.3 Å². The Morgan fingerprint density at radius 3 is 2.94 bits per heavy atom. The maximum Gasteiger partial charge on any atom is 0.307 e. The molecule has 0 aliphatic rings. The zero-order valence-electron chi connectivity index (χ0n) is 8.99. The quantitative estimate of drug-likeness (QED) is 0.473. The Morgan fingerprint density at radius 2 is 2.41 bits per heavy atom. The Kier molecular flexibility index (Phi) is 3.01. The van der Waals surface area contributed by atoms with Gasteiger partial charge in [-0.25, -0.2) is 0 Å². The molecule has 88 valence electrons. The molecule has 0 fully saturated rings. The van der Waals surface area contributed by atoms with E-state index in [0.29, 0.717) is 11.4 Å². The molecule has 0 saturated carbocycles. The van der Waals surface area contributed by atoms with Crippen LogP contribution < -0.4 is 0 Å². The lowest BCUT2D eigenvalue weighted by molar-refractivity contribution is -0.385. The molecule has 0 unspecified atom stereocenters. The molecule has 0 spiro atoms. The minimum absolute atomic E-state index is 0.0338. The molecule has 6 nitrogen and oxygen atoms in total. The van der Waals surface area contributed by atoms with E-state index in [1.165, 1.54) is 28.4 Å². The van der Waals surface area contributed by atoms with Crippen molar-refractivity contribution in [3.63, 3.8) is 0 Å². The third-order valence-corrected chi connectivity index (χ3v) is 3.34. The summed E-state index contributed by atoms with van der Waals surface area (Å²) in [5.74, 6) is 0. The third-order valence-electron chi connectivity index (χ3n) is 2.32. The van der Waals surface area contributed by atoms with Gasteiger partial charge in [-0.15, -0.1) is 11.3 Å². The van der Waals surface area contributed by atoms with Gasteiger partial charge < -0.3 is 0 Å².